The molecule has 1 aliphatic heterocycles. The Morgan fingerprint density at radius 2 is 2.04 bits per heavy atom. The number of nitro groups is 1. The number of benzene rings is 1. The SMILES string of the molecule is COC(=O)C(C)N1C(=O)S/C(=C\c2cc([N+](=O)[O-])cc(OC)c2O)C1=O. The number of hydrogen-bond donors (Lipinski definition) is 1. The molecular weight excluding hydrogens is 368 g/mol. The largest absolute Gasteiger partial charge is 0.504 e. The van der Waals surface area contributed by atoms with Gasteiger partial charge in [0.05, 0.1) is 30.1 Å². The Labute approximate surface area is 151 Å². The van der Waals surface area contributed by atoms with Gasteiger partial charge in [-0.2, -0.15) is 0 Å². The van der Waals surface area contributed by atoms with E-state index in [4.69, 9.17) is 4.74 Å². The van der Waals surface area contributed by atoms with Crippen LogP contribution in [0.3, 0.4) is 0 Å². The van der Waals surface area contributed by atoms with Crippen molar-refractivity contribution in [3.63, 3.8) is 0 Å². The van der Waals surface area contributed by atoms with Crippen molar-refractivity contribution in [2.45, 2.75) is 13.0 Å². The number of amides is 2. The number of non-ortho nitro benzene ring substituents is 1. The molecule has 1 unspecified atom stereocenters. The summed E-state index contributed by atoms with van der Waals surface area (Å²) in [6.07, 6.45) is 1.12. The lowest BCUT2D eigenvalue weighted by molar-refractivity contribution is -0.385. The smallest absolute Gasteiger partial charge is 0.328 e. The molecule has 0 saturated carbocycles. The van der Waals surface area contributed by atoms with Crippen LogP contribution in [0.25, 0.3) is 6.08 Å². The highest BCUT2D eigenvalue weighted by atomic mass is 32.2. The number of phenolic OH excluding ortho intramolecular Hbond substituents is 1. The first kappa shape index (κ1) is 19.2. The predicted molar refractivity (Wildman–Crippen MR) is 90.6 cm³/mol. The number of phenols is 1. The third-order valence-electron chi connectivity index (χ3n) is 3.56. The summed E-state index contributed by atoms with van der Waals surface area (Å²) in [5, 5.41) is 20.4. The van der Waals surface area contributed by atoms with E-state index in [2.05, 4.69) is 4.74 Å². The lowest BCUT2D eigenvalue weighted by Crippen LogP contribution is -2.42. The number of aromatic hydroxyl groups is 1. The average Bonchev–Trinajstić information content (AvgIpc) is 2.88. The van der Waals surface area contributed by atoms with E-state index in [0.717, 1.165) is 25.3 Å². The van der Waals surface area contributed by atoms with Crippen LogP contribution in [0.15, 0.2) is 17.0 Å². The van der Waals surface area contributed by atoms with Crippen LogP contribution in [0.5, 0.6) is 11.5 Å². The number of thioether (sulfide) groups is 1. The van der Waals surface area contributed by atoms with Crippen LogP contribution in [0, 0.1) is 10.1 Å². The van der Waals surface area contributed by atoms with Gasteiger partial charge in [-0.3, -0.25) is 24.6 Å². The van der Waals surface area contributed by atoms with Gasteiger partial charge < -0.3 is 14.6 Å². The number of carbonyl (C=O) groups is 3. The number of methoxy groups -OCH3 is 2. The van der Waals surface area contributed by atoms with Crippen molar-refractivity contribution >= 4 is 40.6 Å². The first-order chi connectivity index (χ1) is 12.2. The molecule has 2 amide bonds. The lowest BCUT2D eigenvalue weighted by Gasteiger charge is -2.18. The number of hydrogen-bond acceptors (Lipinski definition) is 9. The normalized spacial score (nSPS) is 16.7. The van der Waals surface area contributed by atoms with Crippen molar-refractivity contribution in [3.05, 3.63) is 32.7 Å². The molecule has 2 rings (SSSR count). The van der Waals surface area contributed by atoms with Crippen LogP contribution in [0.4, 0.5) is 10.5 Å². The molecule has 0 spiro atoms. The monoisotopic (exact) mass is 382 g/mol. The second-order valence-electron chi connectivity index (χ2n) is 5.09. The van der Waals surface area contributed by atoms with Gasteiger partial charge in [0.1, 0.15) is 6.04 Å². The zero-order valence-electron chi connectivity index (χ0n) is 13.9. The van der Waals surface area contributed by atoms with E-state index in [9.17, 15) is 29.6 Å². The van der Waals surface area contributed by atoms with Crippen molar-refractivity contribution in [3.8, 4) is 11.5 Å². The molecule has 1 heterocycles. The van der Waals surface area contributed by atoms with Gasteiger partial charge in [-0.25, -0.2) is 4.79 Å². The van der Waals surface area contributed by atoms with Gasteiger partial charge in [-0.15, -0.1) is 0 Å². The number of imide groups is 1. The van der Waals surface area contributed by atoms with Gasteiger partial charge in [-0.1, -0.05) is 0 Å². The van der Waals surface area contributed by atoms with Crippen molar-refractivity contribution < 1.29 is 33.9 Å². The van der Waals surface area contributed by atoms with Gasteiger partial charge in [-0.05, 0) is 24.8 Å². The van der Waals surface area contributed by atoms with Gasteiger partial charge in [0, 0.05) is 11.6 Å². The Kier molecular flexibility index (Phi) is 5.50. The maximum Gasteiger partial charge on any atom is 0.328 e. The van der Waals surface area contributed by atoms with Crippen LogP contribution in [0.2, 0.25) is 0 Å². The van der Waals surface area contributed by atoms with Crippen LogP contribution < -0.4 is 4.74 Å². The van der Waals surface area contributed by atoms with Crippen molar-refractivity contribution in [1.29, 1.82) is 0 Å². The highest BCUT2D eigenvalue weighted by Crippen LogP contribution is 2.39. The first-order valence-corrected chi connectivity index (χ1v) is 7.93. The van der Waals surface area contributed by atoms with Gasteiger partial charge >= 0.3 is 5.97 Å². The molecule has 0 radical (unpaired) electrons. The highest BCUT2D eigenvalue weighted by molar-refractivity contribution is 8.18. The molecule has 0 aliphatic carbocycles. The third kappa shape index (κ3) is 3.47. The first-order valence-electron chi connectivity index (χ1n) is 7.11. The van der Waals surface area contributed by atoms with E-state index in [1.165, 1.54) is 14.0 Å². The number of rotatable bonds is 5. The topological polar surface area (TPSA) is 136 Å². The molecule has 1 saturated heterocycles. The van der Waals surface area contributed by atoms with E-state index in [-0.39, 0.29) is 21.9 Å². The molecule has 10 nitrogen and oxygen atoms in total. The van der Waals surface area contributed by atoms with Crippen LogP contribution >= 0.6 is 11.8 Å². The Bertz CT molecular complexity index is 835. The molecule has 1 aromatic carbocycles. The minimum atomic E-state index is -1.13. The average molecular weight is 382 g/mol. The molecular formula is C15H14N2O8S. The molecule has 11 heteroatoms. The van der Waals surface area contributed by atoms with Gasteiger partial charge in [0.15, 0.2) is 11.5 Å². The maximum atomic E-state index is 12.4. The highest BCUT2D eigenvalue weighted by Gasteiger charge is 2.41. The van der Waals surface area contributed by atoms with E-state index in [0.29, 0.717) is 16.7 Å². The zero-order valence-corrected chi connectivity index (χ0v) is 14.7. The summed E-state index contributed by atoms with van der Waals surface area (Å²) in [5.74, 6) is -2.13. The fourth-order valence-electron chi connectivity index (χ4n) is 2.22. The number of ether oxygens (including phenoxy) is 2. The molecule has 1 atom stereocenters. The minimum absolute atomic E-state index is 0.0766. The number of nitro benzene ring substituents is 1. The van der Waals surface area contributed by atoms with Crippen LogP contribution in [-0.2, 0) is 14.3 Å². The second kappa shape index (κ2) is 7.44. The predicted octanol–water partition coefficient (Wildman–Crippen LogP) is 1.91. The third-order valence-corrected chi connectivity index (χ3v) is 4.44. The Morgan fingerprint density at radius 3 is 2.58 bits per heavy atom. The summed E-state index contributed by atoms with van der Waals surface area (Å²) in [5.41, 5.74) is -0.444. The summed E-state index contributed by atoms with van der Waals surface area (Å²) in [7, 11) is 2.34. The fraction of sp³-hybridized carbons (Fsp3) is 0.267. The summed E-state index contributed by atoms with van der Waals surface area (Å²) < 4.78 is 9.40. The Balaban J connectivity index is 2.46. The molecule has 26 heavy (non-hydrogen) atoms. The minimum Gasteiger partial charge on any atom is -0.504 e. The summed E-state index contributed by atoms with van der Waals surface area (Å²) in [4.78, 5) is 47.0. The second-order valence-corrected chi connectivity index (χ2v) is 6.09. The van der Waals surface area contributed by atoms with Crippen LogP contribution in [-0.4, -0.2) is 52.3 Å². The quantitative estimate of drug-likeness (QED) is 0.350. The zero-order chi connectivity index (χ0) is 19.6. The molecule has 0 aromatic heterocycles. The maximum absolute atomic E-state index is 12.4. The van der Waals surface area contributed by atoms with E-state index in [1.807, 2.05) is 0 Å². The van der Waals surface area contributed by atoms with E-state index in [1.54, 1.807) is 0 Å². The summed E-state index contributed by atoms with van der Waals surface area (Å²) in [6.45, 7) is 1.33. The van der Waals surface area contributed by atoms with Crippen molar-refractivity contribution in [2.24, 2.45) is 0 Å². The Hall–Kier alpha value is -3.08. The molecule has 138 valence electrons. The van der Waals surface area contributed by atoms with Crippen LogP contribution in [0.1, 0.15) is 12.5 Å². The number of esters is 1. The molecule has 1 aliphatic rings. The van der Waals surface area contributed by atoms with E-state index < -0.39 is 33.8 Å². The van der Waals surface area contributed by atoms with Gasteiger partial charge in [0.2, 0.25) is 0 Å². The summed E-state index contributed by atoms with van der Waals surface area (Å²) in [6, 6.07) is 0.930. The number of carbonyl (C=O) groups excluding carboxylic acids is 3. The summed E-state index contributed by atoms with van der Waals surface area (Å²) >= 11 is 0.538. The van der Waals surface area contributed by atoms with Crippen molar-refractivity contribution in [2.75, 3.05) is 14.2 Å². The Morgan fingerprint density at radius 1 is 1.38 bits per heavy atom. The fourth-order valence-corrected chi connectivity index (χ4v) is 3.12. The van der Waals surface area contributed by atoms with Crippen molar-refractivity contribution in [1.82, 2.24) is 4.90 Å². The lowest BCUT2D eigenvalue weighted by atomic mass is 10.1. The standard InChI is InChI=1S/C15H14N2O8S/c1-7(14(20)25-3)16-13(19)11(26-15(16)21)5-8-4-9(17(22)23)6-10(24-2)12(8)18/h4-7,18H,1-3H3/b11-5-. The molecule has 1 N–H and O–H groups in total. The number of nitrogens with zero attached hydrogens (tertiary/aromatic N) is 2. The molecule has 1 aromatic rings. The molecule has 1 fully saturated rings. The molecule has 0 bridgehead atoms. The van der Waals surface area contributed by atoms with E-state index >= 15 is 0 Å². The van der Waals surface area contributed by atoms with Gasteiger partial charge in [0.25, 0.3) is 16.8 Å².